The Bertz CT molecular complexity index is 797. The van der Waals surface area contributed by atoms with Crippen LogP contribution in [0.4, 0.5) is 4.79 Å². The second kappa shape index (κ2) is 6.61. The van der Waals surface area contributed by atoms with Gasteiger partial charge in [0, 0.05) is 21.2 Å². The first-order chi connectivity index (χ1) is 11.2. The average molecular weight is 473 g/mol. The molecule has 138 valence electrons. The van der Waals surface area contributed by atoms with Crippen LogP contribution < -0.4 is 4.43 Å². The maximum atomic E-state index is 12.5. The number of aromatic nitrogens is 1. The maximum absolute atomic E-state index is 12.5. The number of hydrogen-bond donors (Lipinski definition) is 0. The van der Waals surface area contributed by atoms with Crippen LogP contribution in [0.1, 0.15) is 41.5 Å². The minimum Gasteiger partial charge on any atom is -0.543 e. The maximum Gasteiger partial charge on any atom is 0.419 e. The van der Waals surface area contributed by atoms with E-state index in [1.54, 1.807) is 4.57 Å². The summed E-state index contributed by atoms with van der Waals surface area (Å²) in [7, 11) is -1.94. The number of nitrogens with zero attached hydrogens (tertiary/aromatic N) is 1. The molecule has 0 aliphatic rings. The molecule has 0 radical (unpaired) electrons. The van der Waals surface area contributed by atoms with E-state index < -0.39 is 13.9 Å². The fourth-order valence-corrected chi connectivity index (χ4v) is 3.90. The van der Waals surface area contributed by atoms with Crippen molar-refractivity contribution in [3.63, 3.8) is 0 Å². The van der Waals surface area contributed by atoms with E-state index in [2.05, 4.69) is 56.5 Å². The van der Waals surface area contributed by atoms with Crippen molar-refractivity contribution in [2.45, 2.75) is 65.3 Å². The Morgan fingerprint density at radius 1 is 1.12 bits per heavy atom. The fourth-order valence-electron chi connectivity index (χ4n) is 2.14. The lowest BCUT2D eigenvalue weighted by Gasteiger charge is -2.36. The molecular formula is C19H28INO3Si. The predicted molar refractivity (Wildman–Crippen MR) is 114 cm³/mol. The summed E-state index contributed by atoms with van der Waals surface area (Å²) in [6.07, 6.45) is 1.44. The third-order valence-corrected chi connectivity index (χ3v) is 9.72. The highest BCUT2D eigenvalue weighted by Crippen LogP contribution is 2.38. The first-order valence-corrected chi connectivity index (χ1v) is 12.4. The number of carbonyl (C=O) groups is 1. The Balaban J connectivity index is 2.45. The second-order valence-electron chi connectivity index (χ2n) is 8.87. The Labute approximate surface area is 165 Å². The standard InChI is InChI=1S/C19H28INO3Si/c1-18(2,3)23-17(22)21-12-15(20)14-10-9-13(11-16(14)21)24-25(7,8)19(4,5)6/h9-12H,1-8H3. The van der Waals surface area contributed by atoms with Crippen LogP contribution in [0.15, 0.2) is 24.4 Å². The molecule has 0 aliphatic heterocycles. The molecule has 0 saturated heterocycles. The van der Waals surface area contributed by atoms with Gasteiger partial charge in [-0.1, -0.05) is 20.8 Å². The third-order valence-electron chi connectivity index (χ3n) is 4.50. The smallest absolute Gasteiger partial charge is 0.419 e. The first-order valence-electron chi connectivity index (χ1n) is 8.44. The SMILES string of the molecule is CC(C)(C)OC(=O)n1cc(I)c2ccc(O[Si](C)(C)C(C)(C)C)cc21. The van der Waals surface area contributed by atoms with Crippen molar-refractivity contribution in [2.75, 3.05) is 0 Å². The van der Waals surface area contributed by atoms with Gasteiger partial charge in [-0.3, -0.25) is 4.57 Å². The number of carbonyl (C=O) groups excluding carboxylic acids is 1. The van der Waals surface area contributed by atoms with Gasteiger partial charge in [0.15, 0.2) is 0 Å². The van der Waals surface area contributed by atoms with Crippen LogP contribution in [-0.4, -0.2) is 24.6 Å². The molecule has 0 atom stereocenters. The molecule has 1 heterocycles. The number of rotatable bonds is 2. The number of benzene rings is 1. The predicted octanol–water partition coefficient (Wildman–Crippen LogP) is 6.41. The number of halogens is 1. The van der Waals surface area contributed by atoms with Gasteiger partial charge in [-0.15, -0.1) is 0 Å². The van der Waals surface area contributed by atoms with E-state index >= 15 is 0 Å². The summed E-state index contributed by atoms with van der Waals surface area (Å²) in [5, 5.41) is 1.14. The highest BCUT2D eigenvalue weighted by molar-refractivity contribution is 14.1. The molecule has 0 amide bonds. The van der Waals surface area contributed by atoms with Crippen LogP contribution in [0.2, 0.25) is 18.1 Å². The summed E-state index contributed by atoms with van der Waals surface area (Å²) in [5.41, 5.74) is 0.281. The summed E-state index contributed by atoms with van der Waals surface area (Å²) in [6.45, 7) is 16.7. The lowest BCUT2D eigenvalue weighted by Crippen LogP contribution is -2.43. The highest BCUT2D eigenvalue weighted by Gasteiger charge is 2.39. The van der Waals surface area contributed by atoms with Crippen LogP contribution in [0.5, 0.6) is 5.75 Å². The van der Waals surface area contributed by atoms with Crippen LogP contribution in [0, 0.1) is 3.57 Å². The van der Waals surface area contributed by atoms with Crippen molar-refractivity contribution in [1.82, 2.24) is 4.57 Å². The normalized spacial score (nSPS) is 13.2. The lowest BCUT2D eigenvalue weighted by atomic mass is 10.2. The molecule has 6 heteroatoms. The zero-order valence-electron chi connectivity index (χ0n) is 16.4. The Kier molecular flexibility index (Phi) is 5.36. The molecule has 0 fully saturated rings. The molecule has 0 saturated carbocycles. The molecule has 0 bridgehead atoms. The summed E-state index contributed by atoms with van der Waals surface area (Å²) in [6, 6.07) is 5.95. The Morgan fingerprint density at radius 2 is 1.72 bits per heavy atom. The first kappa shape index (κ1) is 20.3. The van der Waals surface area contributed by atoms with Gasteiger partial charge in [-0.05, 0) is 73.6 Å². The summed E-state index contributed by atoms with van der Waals surface area (Å²) in [4.78, 5) is 12.5. The Morgan fingerprint density at radius 3 is 2.24 bits per heavy atom. The van der Waals surface area contributed by atoms with E-state index in [0.717, 1.165) is 20.2 Å². The van der Waals surface area contributed by atoms with Crippen LogP contribution in [-0.2, 0) is 4.74 Å². The van der Waals surface area contributed by atoms with Crippen molar-refractivity contribution < 1.29 is 14.0 Å². The molecule has 0 unspecified atom stereocenters. The van der Waals surface area contributed by atoms with Gasteiger partial charge in [0.25, 0.3) is 0 Å². The third kappa shape index (κ3) is 4.58. The van der Waals surface area contributed by atoms with Gasteiger partial charge in [-0.2, -0.15) is 0 Å². The van der Waals surface area contributed by atoms with Gasteiger partial charge >= 0.3 is 6.09 Å². The van der Waals surface area contributed by atoms with Gasteiger partial charge in [-0.25, -0.2) is 4.79 Å². The van der Waals surface area contributed by atoms with E-state index in [1.165, 1.54) is 0 Å². The summed E-state index contributed by atoms with van der Waals surface area (Å²) >= 11 is 2.24. The van der Waals surface area contributed by atoms with Gasteiger partial charge in [0.05, 0.1) is 5.52 Å². The molecule has 1 aromatic heterocycles. The molecule has 25 heavy (non-hydrogen) atoms. The van der Waals surface area contributed by atoms with Crippen molar-refractivity contribution >= 4 is 47.9 Å². The molecule has 0 aliphatic carbocycles. The summed E-state index contributed by atoms with van der Waals surface area (Å²) in [5.74, 6) is 0.804. The number of hydrogen-bond acceptors (Lipinski definition) is 3. The van der Waals surface area contributed by atoms with Crippen molar-refractivity contribution in [3.05, 3.63) is 28.0 Å². The largest absolute Gasteiger partial charge is 0.543 e. The molecule has 0 spiro atoms. The highest BCUT2D eigenvalue weighted by atomic mass is 127. The average Bonchev–Trinajstić information content (AvgIpc) is 2.72. The molecule has 2 rings (SSSR count). The van der Waals surface area contributed by atoms with Gasteiger partial charge in [0.1, 0.15) is 11.4 Å². The molecule has 1 aromatic carbocycles. The molecule has 0 N–H and O–H groups in total. The minimum absolute atomic E-state index is 0.115. The van der Waals surface area contributed by atoms with E-state index in [-0.39, 0.29) is 11.1 Å². The topological polar surface area (TPSA) is 40.5 Å². The van der Waals surface area contributed by atoms with E-state index in [4.69, 9.17) is 9.16 Å². The van der Waals surface area contributed by atoms with Crippen LogP contribution in [0.3, 0.4) is 0 Å². The van der Waals surface area contributed by atoms with Crippen molar-refractivity contribution in [1.29, 1.82) is 0 Å². The number of ether oxygens (including phenoxy) is 1. The Hall–Kier alpha value is -1.02. The zero-order valence-corrected chi connectivity index (χ0v) is 19.5. The zero-order chi connectivity index (χ0) is 19.2. The monoisotopic (exact) mass is 473 g/mol. The quantitative estimate of drug-likeness (QED) is 0.374. The lowest BCUT2D eigenvalue weighted by molar-refractivity contribution is 0.0544. The molecule has 2 aromatic rings. The molecule has 4 nitrogen and oxygen atoms in total. The van der Waals surface area contributed by atoms with E-state index in [0.29, 0.717) is 0 Å². The van der Waals surface area contributed by atoms with Crippen molar-refractivity contribution in [2.24, 2.45) is 0 Å². The van der Waals surface area contributed by atoms with Gasteiger partial charge < -0.3 is 9.16 Å². The van der Waals surface area contributed by atoms with E-state index in [9.17, 15) is 4.79 Å². The second-order valence-corrected chi connectivity index (χ2v) is 14.8. The van der Waals surface area contributed by atoms with Crippen LogP contribution >= 0.6 is 22.6 Å². The number of fused-ring (bicyclic) bond motifs is 1. The molecular weight excluding hydrogens is 445 g/mol. The van der Waals surface area contributed by atoms with Gasteiger partial charge in [0.2, 0.25) is 8.32 Å². The van der Waals surface area contributed by atoms with E-state index in [1.807, 2.05) is 45.2 Å². The minimum atomic E-state index is -1.94. The fraction of sp³-hybridized carbons (Fsp3) is 0.526. The van der Waals surface area contributed by atoms with Crippen LogP contribution in [0.25, 0.3) is 10.9 Å². The van der Waals surface area contributed by atoms with Crippen molar-refractivity contribution in [3.8, 4) is 5.75 Å². The summed E-state index contributed by atoms with van der Waals surface area (Å²) < 4.78 is 14.5.